The highest BCUT2D eigenvalue weighted by molar-refractivity contribution is 5.95. The third-order valence-corrected chi connectivity index (χ3v) is 9.81. The van der Waals surface area contributed by atoms with Gasteiger partial charge in [-0.2, -0.15) is 0 Å². The van der Waals surface area contributed by atoms with Gasteiger partial charge in [-0.15, -0.1) is 0 Å². The van der Waals surface area contributed by atoms with Gasteiger partial charge in [-0.3, -0.25) is 14.4 Å². The number of para-hydroxylation sites is 3. The van der Waals surface area contributed by atoms with E-state index in [0.29, 0.717) is 0 Å². The molecule has 0 aliphatic carbocycles. The first-order valence-corrected chi connectivity index (χ1v) is 17.8. The van der Waals surface area contributed by atoms with Crippen LogP contribution in [0.1, 0.15) is 22.3 Å². The molecule has 274 valence electrons. The number of hydrogen-bond donors (Lipinski definition) is 8. The Hall–Kier alpha value is -6.66. The van der Waals surface area contributed by atoms with Crippen molar-refractivity contribution in [1.82, 2.24) is 30.9 Å². The molecule has 4 atom stereocenters. The summed E-state index contributed by atoms with van der Waals surface area (Å²) in [6, 6.07) is 27.4. The van der Waals surface area contributed by atoms with Crippen LogP contribution >= 0.6 is 0 Å². The topological polar surface area (TPSA) is 198 Å². The number of carbonyl (C=O) groups is 4. The highest BCUT2D eigenvalue weighted by Gasteiger charge is 2.32. The number of nitrogens with two attached hydrogens (primary N) is 1. The van der Waals surface area contributed by atoms with E-state index in [4.69, 9.17) is 5.73 Å². The highest BCUT2D eigenvalue weighted by atomic mass is 16.4. The standard InChI is InChI=1S/C42H41N7O5/c43-32(19-26-22-44-33-15-7-4-12-29(26)33)39(50)47-36(18-25-10-2-1-3-11-25)40(51)48-37(20-27-23-45-34-16-8-5-13-30(27)34)41(52)49-38(42(53)54)21-28-24-46-35-17-9-6-14-31(28)35/h1-17,22-24,32,36-38,44-46H,18-21,43H2,(H,47,50)(H,48,51)(H,49,52)(H,53,54). The van der Waals surface area contributed by atoms with Gasteiger partial charge < -0.3 is 41.7 Å². The molecular formula is C42H41N7O5. The quantitative estimate of drug-likeness (QED) is 0.0777. The number of aliphatic carboxylic acids is 1. The van der Waals surface area contributed by atoms with E-state index in [-0.39, 0.29) is 25.7 Å². The van der Waals surface area contributed by atoms with E-state index in [1.165, 1.54) is 0 Å². The Balaban J connectivity index is 1.13. The fourth-order valence-electron chi connectivity index (χ4n) is 6.96. The SMILES string of the molecule is NC(Cc1c[nH]c2ccccc12)C(=O)NC(Cc1ccccc1)C(=O)NC(Cc1c[nH]c2ccccc12)C(=O)NC(Cc1c[nH]c2ccccc12)C(=O)O. The minimum absolute atomic E-state index is 0.0137. The molecule has 7 rings (SSSR count). The molecule has 4 unspecified atom stereocenters. The van der Waals surface area contributed by atoms with Crippen LogP contribution in [-0.2, 0) is 44.9 Å². The predicted octanol–water partition coefficient (Wildman–Crippen LogP) is 4.27. The number of rotatable bonds is 15. The first-order chi connectivity index (χ1) is 26.2. The van der Waals surface area contributed by atoms with Crippen LogP contribution in [0.2, 0.25) is 0 Å². The molecule has 54 heavy (non-hydrogen) atoms. The second-order valence-corrected chi connectivity index (χ2v) is 13.5. The van der Waals surface area contributed by atoms with E-state index in [0.717, 1.165) is 55.0 Å². The number of nitrogens with one attached hydrogen (secondary N) is 6. The third kappa shape index (κ3) is 8.03. The Morgan fingerprint density at radius 2 is 0.889 bits per heavy atom. The van der Waals surface area contributed by atoms with Gasteiger partial charge in [0.05, 0.1) is 6.04 Å². The zero-order valence-electron chi connectivity index (χ0n) is 29.3. The summed E-state index contributed by atoms with van der Waals surface area (Å²) in [6.07, 6.45) is 5.74. The normalized spacial score (nSPS) is 13.6. The number of H-pyrrole nitrogens is 3. The maximum absolute atomic E-state index is 14.2. The van der Waals surface area contributed by atoms with Gasteiger partial charge in [-0.25, -0.2) is 4.79 Å². The summed E-state index contributed by atoms with van der Waals surface area (Å²) in [5.74, 6) is -3.04. The van der Waals surface area contributed by atoms with Crippen molar-refractivity contribution in [2.75, 3.05) is 0 Å². The summed E-state index contributed by atoms with van der Waals surface area (Å²) in [6.45, 7) is 0. The Bertz CT molecular complexity index is 2430. The van der Waals surface area contributed by atoms with Crippen molar-refractivity contribution in [2.45, 2.75) is 49.9 Å². The first kappa shape index (κ1) is 35.7. The van der Waals surface area contributed by atoms with Gasteiger partial charge >= 0.3 is 5.97 Å². The van der Waals surface area contributed by atoms with Crippen LogP contribution in [0.15, 0.2) is 122 Å². The van der Waals surface area contributed by atoms with Crippen molar-refractivity contribution < 1.29 is 24.3 Å². The second-order valence-electron chi connectivity index (χ2n) is 13.5. The van der Waals surface area contributed by atoms with Crippen LogP contribution in [0, 0.1) is 0 Å². The molecule has 4 aromatic carbocycles. The van der Waals surface area contributed by atoms with Gasteiger partial charge in [0.15, 0.2) is 0 Å². The van der Waals surface area contributed by atoms with Crippen LogP contribution in [0.5, 0.6) is 0 Å². The molecule has 12 nitrogen and oxygen atoms in total. The summed E-state index contributed by atoms with van der Waals surface area (Å²) in [4.78, 5) is 64.1. The molecule has 3 aromatic heterocycles. The van der Waals surface area contributed by atoms with Crippen molar-refractivity contribution in [1.29, 1.82) is 0 Å². The Morgan fingerprint density at radius 3 is 1.39 bits per heavy atom. The fourth-order valence-corrected chi connectivity index (χ4v) is 6.96. The lowest BCUT2D eigenvalue weighted by atomic mass is 10.00. The second kappa shape index (κ2) is 15.9. The number of carboxylic acid groups (broad SMARTS) is 1. The summed E-state index contributed by atoms with van der Waals surface area (Å²) in [5.41, 5.74) is 12.2. The average Bonchev–Trinajstić information content (AvgIpc) is 3.91. The Labute approximate surface area is 310 Å². The van der Waals surface area contributed by atoms with E-state index in [2.05, 4.69) is 30.9 Å². The molecule has 0 fully saturated rings. The maximum atomic E-state index is 14.2. The monoisotopic (exact) mass is 723 g/mol. The van der Waals surface area contributed by atoms with Gasteiger partial charge in [0.2, 0.25) is 17.7 Å². The van der Waals surface area contributed by atoms with E-state index in [1.807, 2.05) is 109 Å². The van der Waals surface area contributed by atoms with Crippen molar-refractivity contribution in [3.8, 4) is 0 Å². The van der Waals surface area contributed by atoms with Crippen molar-refractivity contribution >= 4 is 56.4 Å². The zero-order chi connectivity index (χ0) is 37.6. The van der Waals surface area contributed by atoms with E-state index < -0.39 is 47.9 Å². The highest BCUT2D eigenvalue weighted by Crippen LogP contribution is 2.22. The van der Waals surface area contributed by atoms with Crippen LogP contribution in [-0.4, -0.2) is 67.9 Å². The minimum Gasteiger partial charge on any atom is -0.480 e. The maximum Gasteiger partial charge on any atom is 0.326 e. The smallest absolute Gasteiger partial charge is 0.326 e. The van der Waals surface area contributed by atoms with Crippen molar-refractivity contribution in [2.24, 2.45) is 5.73 Å². The molecule has 3 amide bonds. The molecular weight excluding hydrogens is 683 g/mol. The Kier molecular flexibility index (Phi) is 10.5. The molecule has 0 aliphatic heterocycles. The molecule has 7 aromatic rings. The van der Waals surface area contributed by atoms with Crippen molar-refractivity contribution in [3.63, 3.8) is 0 Å². The van der Waals surface area contributed by atoms with Gasteiger partial charge in [0.25, 0.3) is 0 Å². The minimum atomic E-state index is -1.29. The largest absolute Gasteiger partial charge is 0.480 e. The molecule has 0 saturated carbocycles. The summed E-state index contributed by atoms with van der Waals surface area (Å²) < 4.78 is 0. The summed E-state index contributed by atoms with van der Waals surface area (Å²) >= 11 is 0. The molecule has 9 N–H and O–H groups in total. The third-order valence-electron chi connectivity index (χ3n) is 9.81. The molecule has 0 aliphatic rings. The van der Waals surface area contributed by atoms with Crippen LogP contribution < -0.4 is 21.7 Å². The number of aromatic amines is 3. The summed E-state index contributed by atoms with van der Waals surface area (Å²) in [7, 11) is 0. The van der Waals surface area contributed by atoms with Gasteiger partial charge in [-0.05, 0) is 46.9 Å². The molecule has 3 heterocycles. The molecule has 0 spiro atoms. The number of benzene rings is 4. The zero-order valence-corrected chi connectivity index (χ0v) is 29.3. The number of aromatic nitrogens is 3. The fraction of sp³-hybridized carbons (Fsp3) is 0.190. The van der Waals surface area contributed by atoms with Crippen LogP contribution in [0.25, 0.3) is 32.7 Å². The average molecular weight is 724 g/mol. The number of carbonyl (C=O) groups excluding carboxylic acids is 3. The van der Waals surface area contributed by atoms with Crippen LogP contribution in [0.3, 0.4) is 0 Å². The Morgan fingerprint density at radius 1 is 0.500 bits per heavy atom. The molecule has 0 saturated heterocycles. The van der Waals surface area contributed by atoms with Crippen LogP contribution in [0.4, 0.5) is 0 Å². The number of fused-ring (bicyclic) bond motifs is 3. The molecule has 12 heteroatoms. The predicted molar refractivity (Wildman–Crippen MR) is 208 cm³/mol. The van der Waals surface area contributed by atoms with Gasteiger partial charge in [-0.1, -0.05) is 84.9 Å². The lowest BCUT2D eigenvalue weighted by Gasteiger charge is -2.25. The van der Waals surface area contributed by atoms with Gasteiger partial charge in [0, 0.05) is 70.6 Å². The van der Waals surface area contributed by atoms with Gasteiger partial charge in [0.1, 0.15) is 18.1 Å². The number of amides is 3. The lowest BCUT2D eigenvalue weighted by molar-refractivity contribution is -0.142. The summed E-state index contributed by atoms with van der Waals surface area (Å²) in [5, 5.41) is 21.3. The van der Waals surface area contributed by atoms with E-state index in [1.54, 1.807) is 12.4 Å². The van der Waals surface area contributed by atoms with E-state index >= 15 is 0 Å². The lowest BCUT2D eigenvalue weighted by Crippen LogP contribution is -2.58. The molecule has 0 bridgehead atoms. The number of carboxylic acids is 1. The number of hydrogen-bond acceptors (Lipinski definition) is 5. The van der Waals surface area contributed by atoms with Crippen molar-refractivity contribution in [3.05, 3.63) is 144 Å². The first-order valence-electron chi connectivity index (χ1n) is 17.8. The van der Waals surface area contributed by atoms with E-state index in [9.17, 15) is 24.3 Å². The molecule has 0 radical (unpaired) electrons.